The largest absolute Gasteiger partial charge is 0.455 e. The summed E-state index contributed by atoms with van der Waals surface area (Å²) in [6.07, 6.45) is 4.43. The Morgan fingerprint density at radius 2 is 1.71 bits per heavy atom. The van der Waals surface area contributed by atoms with Crippen LogP contribution in [-0.2, 0) is 14.3 Å². The van der Waals surface area contributed by atoms with E-state index in [0.29, 0.717) is 17.0 Å². The third-order valence-electron chi connectivity index (χ3n) is 6.87. The van der Waals surface area contributed by atoms with Gasteiger partial charge in [-0.2, -0.15) is 0 Å². The zero-order valence-electron chi connectivity index (χ0n) is 19.1. The molecule has 1 amide bonds. The number of ether oxygens (including phenoxy) is 1. The third-order valence-corrected chi connectivity index (χ3v) is 7.92. The number of hydrogen-bond acceptors (Lipinski definition) is 5. The van der Waals surface area contributed by atoms with Crippen LogP contribution in [0.1, 0.15) is 48.5 Å². The summed E-state index contributed by atoms with van der Waals surface area (Å²) in [4.78, 5) is 38.6. The van der Waals surface area contributed by atoms with E-state index in [-0.39, 0.29) is 30.1 Å². The molecular formula is C28H27NO4S. The Labute approximate surface area is 203 Å². The minimum absolute atomic E-state index is 0.0218. The van der Waals surface area contributed by atoms with E-state index in [9.17, 15) is 14.4 Å². The Kier molecular flexibility index (Phi) is 6.42. The average Bonchev–Trinajstić information content (AvgIpc) is 2.86. The molecule has 0 heterocycles. The SMILES string of the molecule is CC1CCCCC1NC(=O)COC(=O)CSc1ccc2c3c(cccc13)C(=O)c1ccccc1-2. The number of carbonyl (C=O) groups excluding carboxylic acids is 3. The molecule has 0 spiro atoms. The van der Waals surface area contributed by atoms with Crippen molar-refractivity contribution in [3.63, 3.8) is 0 Å². The first-order chi connectivity index (χ1) is 16.5. The van der Waals surface area contributed by atoms with Gasteiger partial charge in [-0.3, -0.25) is 14.4 Å². The summed E-state index contributed by atoms with van der Waals surface area (Å²) in [6.45, 7) is 1.90. The zero-order chi connectivity index (χ0) is 23.7. The van der Waals surface area contributed by atoms with Crippen LogP contribution in [0.15, 0.2) is 59.5 Å². The summed E-state index contributed by atoms with van der Waals surface area (Å²) >= 11 is 1.36. The molecule has 6 heteroatoms. The molecule has 2 aliphatic carbocycles. The Hall–Kier alpha value is -3.12. The normalized spacial score (nSPS) is 18.9. The molecule has 1 saturated carbocycles. The molecule has 174 valence electrons. The molecule has 0 radical (unpaired) electrons. The van der Waals surface area contributed by atoms with E-state index in [1.807, 2.05) is 54.6 Å². The highest BCUT2D eigenvalue weighted by Crippen LogP contribution is 2.42. The maximum atomic E-state index is 13.1. The Morgan fingerprint density at radius 3 is 2.53 bits per heavy atom. The van der Waals surface area contributed by atoms with Crippen LogP contribution in [0.4, 0.5) is 0 Å². The number of nitrogens with one attached hydrogen (secondary N) is 1. The molecule has 2 unspecified atom stereocenters. The van der Waals surface area contributed by atoms with Crippen molar-refractivity contribution in [1.29, 1.82) is 0 Å². The van der Waals surface area contributed by atoms with Crippen LogP contribution in [0, 0.1) is 5.92 Å². The zero-order valence-corrected chi connectivity index (χ0v) is 20.0. The fourth-order valence-electron chi connectivity index (χ4n) is 5.08. The Bertz CT molecular complexity index is 1280. The highest BCUT2D eigenvalue weighted by atomic mass is 32.2. The van der Waals surface area contributed by atoms with Crippen molar-refractivity contribution < 1.29 is 19.1 Å². The van der Waals surface area contributed by atoms with Crippen LogP contribution in [-0.4, -0.2) is 36.1 Å². The summed E-state index contributed by atoms with van der Waals surface area (Å²) in [5.41, 5.74) is 3.36. The predicted molar refractivity (Wildman–Crippen MR) is 134 cm³/mol. The molecule has 5 rings (SSSR count). The third kappa shape index (κ3) is 4.34. The minimum Gasteiger partial charge on any atom is -0.455 e. The van der Waals surface area contributed by atoms with Gasteiger partial charge in [-0.05, 0) is 41.3 Å². The second-order valence-electron chi connectivity index (χ2n) is 9.10. The number of amides is 1. The van der Waals surface area contributed by atoms with Crippen LogP contribution in [0.25, 0.3) is 21.9 Å². The number of carbonyl (C=O) groups is 3. The summed E-state index contributed by atoms with van der Waals surface area (Å²) in [7, 11) is 0. The number of rotatable bonds is 6. The predicted octanol–water partition coefficient (Wildman–Crippen LogP) is 5.38. The summed E-state index contributed by atoms with van der Waals surface area (Å²) in [5, 5.41) is 4.87. The van der Waals surface area contributed by atoms with Crippen molar-refractivity contribution in [1.82, 2.24) is 5.32 Å². The molecule has 3 aromatic rings. The molecule has 0 aromatic heterocycles. The van der Waals surface area contributed by atoms with Crippen molar-refractivity contribution in [2.75, 3.05) is 12.4 Å². The maximum absolute atomic E-state index is 13.1. The Balaban J connectivity index is 1.26. The number of thioether (sulfide) groups is 1. The van der Waals surface area contributed by atoms with Gasteiger partial charge in [0.05, 0.1) is 5.75 Å². The molecule has 2 aliphatic rings. The standard InChI is InChI=1S/C28H27NO4S/c1-17-7-2-5-12-23(17)29-25(30)15-33-26(31)16-34-24-14-13-19-18-8-3-4-9-20(18)28(32)22-11-6-10-21(24)27(19)22/h3-4,6,8-11,13-14,17,23H,2,5,7,12,15-16H2,1H3,(H,29,30). The summed E-state index contributed by atoms with van der Waals surface area (Å²) in [6, 6.07) is 17.6. The van der Waals surface area contributed by atoms with E-state index in [1.54, 1.807) is 0 Å². The average molecular weight is 474 g/mol. The maximum Gasteiger partial charge on any atom is 0.316 e. The lowest BCUT2D eigenvalue weighted by Gasteiger charge is -2.29. The smallest absolute Gasteiger partial charge is 0.316 e. The minimum atomic E-state index is -0.432. The summed E-state index contributed by atoms with van der Waals surface area (Å²) in [5.74, 6) is -0.102. The van der Waals surface area contributed by atoms with E-state index in [0.717, 1.165) is 46.1 Å². The second-order valence-corrected chi connectivity index (χ2v) is 10.1. The fraction of sp³-hybridized carbons (Fsp3) is 0.321. The topological polar surface area (TPSA) is 72.5 Å². The van der Waals surface area contributed by atoms with E-state index >= 15 is 0 Å². The molecule has 0 saturated heterocycles. The van der Waals surface area contributed by atoms with Gasteiger partial charge in [-0.1, -0.05) is 68.3 Å². The number of hydrogen-bond donors (Lipinski definition) is 1. The van der Waals surface area contributed by atoms with Gasteiger partial charge in [-0.25, -0.2) is 0 Å². The molecule has 0 aliphatic heterocycles. The number of fused-ring (bicyclic) bond motifs is 2. The first kappa shape index (κ1) is 22.7. The van der Waals surface area contributed by atoms with Crippen molar-refractivity contribution >= 4 is 40.2 Å². The van der Waals surface area contributed by atoms with Crippen LogP contribution >= 0.6 is 11.8 Å². The molecule has 1 N–H and O–H groups in total. The second kappa shape index (κ2) is 9.63. The highest BCUT2D eigenvalue weighted by molar-refractivity contribution is 8.00. The number of esters is 1. The molecule has 34 heavy (non-hydrogen) atoms. The van der Waals surface area contributed by atoms with Gasteiger partial charge in [0.15, 0.2) is 12.4 Å². The molecule has 0 bridgehead atoms. The Morgan fingerprint density at radius 1 is 0.941 bits per heavy atom. The molecule has 1 fully saturated rings. The lowest BCUT2D eigenvalue weighted by molar-refractivity contribution is -0.146. The van der Waals surface area contributed by atoms with E-state index in [1.165, 1.54) is 18.2 Å². The quantitative estimate of drug-likeness (QED) is 0.301. The van der Waals surface area contributed by atoms with Crippen LogP contribution < -0.4 is 5.32 Å². The van der Waals surface area contributed by atoms with Crippen LogP contribution in [0.5, 0.6) is 0 Å². The van der Waals surface area contributed by atoms with Gasteiger partial charge in [0.1, 0.15) is 0 Å². The van der Waals surface area contributed by atoms with Gasteiger partial charge in [0.25, 0.3) is 5.91 Å². The highest BCUT2D eigenvalue weighted by Gasteiger charge is 2.26. The van der Waals surface area contributed by atoms with E-state index in [2.05, 4.69) is 12.2 Å². The molecular weight excluding hydrogens is 446 g/mol. The number of ketones is 1. The van der Waals surface area contributed by atoms with E-state index in [4.69, 9.17) is 4.74 Å². The molecule has 5 nitrogen and oxygen atoms in total. The van der Waals surface area contributed by atoms with E-state index < -0.39 is 5.97 Å². The van der Waals surface area contributed by atoms with Gasteiger partial charge >= 0.3 is 5.97 Å². The van der Waals surface area contributed by atoms with Crippen molar-refractivity contribution in [3.05, 3.63) is 65.7 Å². The number of benzene rings is 3. The first-order valence-corrected chi connectivity index (χ1v) is 12.8. The molecule has 2 atom stereocenters. The lowest BCUT2D eigenvalue weighted by atomic mass is 9.83. The first-order valence-electron chi connectivity index (χ1n) is 11.8. The monoisotopic (exact) mass is 473 g/mol. The van der Waals surface area contributed by atoms with Crippen molar-refractivity contribution in [2.45, 2.75) is 43.5 Å². The van der Waals surface area contributed by atoms with Crippen LogP contribution in [0.3, 0.4) is 0 Å². The lowest BCUT2D eigenvalue weighted by Crippen LogP contribution is -2.43. The van der Waals surface area contributed by atoms with Crippen LogP contribution in [0.2, 0.25) is 0 Å². The van der Waals surface area contributed by atoms with Gasteiger partial charge < -0.3 is 10.1 Å². The summed E-state index contributed by atoms with van der Waals surface area (Å²) < 4.78 is 5.23. The molecule has 3 aromatic carbocycles. The van der Waals surface area contributed by atoms with Gasteiger partial charge in [0, 0.05) is 27.5 Å². The van der Waals surface area contributed by atoms with Crippen molar-refractivity contribution in [2.24, 2.45) is 5.92 Å². The van der Waals surface area contributed by atoms with Crippen molar-refractivity contribution in [3.8, 4) is 11.1 Å². The van der Waals surface area contributed by atoms with Gasteiger partial charge in [0.2, 0.25) is 0 Å². The fourth-order valence-corrected chi connectivity index (χ4v) is 5.93. The van der Waals surface area contributed by atoms with Gasteiger partial charge in [-0.15, -0.1) is 11.8 Å².